The van der Waals surface area contributed by atoms with Gasteiger partial charge in [-0.25, -0.2) is 4.79 Å². The van der Waals surface area contributed by atoms with Crippen molar-refractivity contribution in [1.82, 2.24) is 0 Å². The van der Waals surface area contributed by atoms with Gasteiger partial charge >= 0.3 is 5.97 Å². The molecule has 1 heterocycles. The molecule has 7 heteroatoms. The van der Waals surface area contributed by atoms with Crippen LogP contribution in [-0.4, -0.2) is 30.7 Å². The summed E-state index contributed by atoms with van der Waals surface area (Å²) >= 11 is 0. The van der Waals surface area contributed by atoms with Gasteiger partial charge in [0.15, 0.2) is 11.5 Å². The van der Waals surface area contributed by atoms with Crippen LogP contribution in [0, 0.1) is 16.0 Å². The molecule has 0 bridgehead atoms. The van der Waals surface area contributed by atoms with Gasteiger partial charge in [0, 0.05) is 6.07 Å². The summed E-state index contributed by atoms with van der Waals surface area (Å²) < 4.78 is 16.0. The van der Waals surface area contributed by atoms with Gasteiger partial charge in [-0.15, -0.1) is 0 Å². The van der Waals surface area contributed by atoms with E-state index in [-0.39, 0.29) is 17.0 Å². The summed E-state index contributed by atoms with van der Waals surface area (Å²) in [6.45, 7) is 0.988. The van der Waals surface area contributed by atoms with Crippen LogP contribution in [0.1, 0.15) is 42.5 Å². The van der Waals surface area contributed by atoms with E-state index >= 15 is 0 Å². The van der Waals surface area contributed by atoms with Crippen molar-refractivity contribution in [3.05, 3.63) is 27.8 Å². The molecule has 0 amide bonds. The normalized spacial score (nSPS) is 17.6. The molecule has 1 aliphatic heterocycles. The molecule has 0 aromatic heterocycles. The molecule has 0 saturated heterocycles. The van der Waals surface area contributed by atoms with E-state index in [4.69, 9.17) is 14.2 Å². The van der Waals surface area contributed by atoms with Crippen LogP contribution in [0.2, 0.25) is 0 Å². The molecule has 7 nitrogen and oxygen atoms in total. The maximum Gasteiger partial charge on any atom is 0.345 e. The van der Waals surface area contributed by atoms with Gasteiger partial charge in [-0.05, 0) is 18.8 Å². The smallest absolute Gasteiger partial charge is 0.345 e. The fourth-order valence-electron chi connectivity index (χ4n) is 3.02. The van der Waals surface area contributed by atoms with Crippen LogP contribution < -0.4 is 9.47 Å². The highest BCUT2D eigenvalue weighted by Crippen LogP contribution is 2.37. The lowest BCUT2D eigenvalue weighted by Gasteiger charge is -2.21. The van der Waals surface area contributed by atoms with Gasteiger partial charge in [0.25, 0.3) is 5.69 Å². The van der Waals surface area contributed by atoms with Crippen molar-refractivity contribution in [1.29, 1.82) is 0 Å². The van der Waals surface area contributed by atoms with Gasteiger partial charge in [0.2, 0.25) is 0 Å². The third-order valence-corrected chi connectivity index (χ3v) is 4.25. The molecule has 1 saturated carbocycles. The van der Waals surface area contributed by atoms with E-state index in [2.05, 4.69) is 0 Å². The van der Waals surface area contributed by atoms with E-state index < -0.39 is 10.9 Å². The van der Waals surface area contributed by atoms with Crippen LogP contribution in [0.3, 0.4) is 0 Å². The Balaban J connectivity index is 1.76. The first-order valence-corrected chi connectivity index (χ1v) is 7.90. The number of fused-ring (bicyclic) bond motifs is 1. The molecular formula is C16H19NO6. The average molecular weight is 321 g/mol. The predicted molar refractivity (Wildman–Crippen MR) is 80.9 cm³/mol. The SMILES string of the molecule is O=C(OCC1CCCCC1)c1cc2c(cc1[N+](=O)[O-])OCCO2. The number of hydrogen-bond acceptors (Lipinski definition) is 6. The van der Waals surface area contributed by atoms with E-state index in [9.17, 15) is 14.9 Å². The molecule has 23 heavy (non-hydrogen) atoms. The average Bonchev–Trinajstić information content (AvgIpc) is 2.59. The number of hydrogen-bond donors (Lipinski definition) is 0. The summed E-state index contributed by atoms with van der Waals surface area (Å²) in [7, 11) is 0. The molecule has 1 aromatic carbocycles. The van der Waals surface area contributed by atoms with Crippen LogP contribution in [0.4, 0.5) is 5.69 Å². The molecule has 1 fully saturated rings. The molecular weight excluding hydrogens is 302 g/mol. The van der Waals surface area contributed by atoms with E-state index in [1.54, 1.807) is 0 Å². The molecule has 0 N–H and O–H groups in total. The number of rotatable bonds is 4. The lowest BCUT2D eigenvalue weighted by Crippen LogP contribution is -2.19. The van der Waals surface area contributed by atoms with Crippen LogP contribution in [0.25, 0.3) is 0 Å². The standard InChI is InChI=1S/C16H19NO6/c18-16(23-10-11-4-2-1-3-5-11)12-8-14-15(22-7-6-21-14)9-13(12)17(19)20/h8-9,11H,1-7,10H2. The molecule has 124 valence electrons. The summed E-state index contributed by atoms with van der Waals surface area (Å²) in [5.41, 5.74) is -0.405. The van der Waals surface area contributed by atoms with Crippen LogP contribution in [0.5, 0.6) is 11.5 Å². The van der Waals surface area contributed by atoms with Gasteiger partial charge in [-0.2, -0.15) is 0 Å². The minimum absolute atomic E-state index is 0.0879. The zero-order valence-corrected chi connectivity index (χ0v) is 12.8. The fraction of sp³-hybridized carbons (Fsp3) is 0.562. The Morgan fingerprint density at radius 2 is 1.83 bits per heavy atom. The molecule has 3 rings (SSSR count). The number of nitrogens with zero attached hydrogens (tertiary/aromatic N) is 1. The molecule has 2 aliphatic rings. The number of benzene rings is 1. The van der Waals surface area contributed by atoms with Gasteiger partial charge in [0.1, 0.15) is 18.8 Å². The number of carbonyl (C=O) groups is 1. The predicted octanol–water partition coefficient (Wildman–Crippen LogP) is 3.10. The van der Waals surface area contributed by atoms with Crippen LogP contribution in [-0.2, 0) is 4.74 Å². The van der Waals surface area contributed by atoms with Gasteiger partial charge < -0.3 is 14.2 Å². The number of nitro benzene ring substituents is 1. The lowest BCUT2D eigenvalue weighted by atomic mass is 9.90. The molecule has 0 radical (unpaired) electrons. The zero-order valence-electron chi connectivity index (χ0n) is 12.8. The van der Waals surface area contributed by atoms with E-state index in [0.717, 1.165) is 25.7 Å². The van der Waals surface area contributed by atoms with Crippen molar-refractivity contribution in [2.45, 2.75) is 32.1 Å². The van der Waals surface area contributed by atoms with E-state index in [0.29, 0.717) is 31.5 Å². The molecule has 1 aliphatic carbocycles. The first kappa shape index (κ1) is 15.6. The minimum atomic E-state index is -0.681. The second kappa shape index (κ2) is 6.85. The van der Waals surface area contributed by atoms with Crippen LogP contribution in [0.15, 0.2) is 12.1 Å². The summed E-state index contributed by atoms with van der Waals surface area (Å²) in [5.74, 6) is 0.293. The number of esters is 1. The maximum absolute atomic E-state index is 12.3. The third-order valence-electron chi connectivity index (χ3n) is 4.25. The summed E-state index contributed by atoms with van der Waals surface area (Å²) in [6, 6.07) is 2.57. The lowest BCUT2D eigenvalue weighted by molar-refractivity contribution is -0.385. The van der Waals surface area contributed by atoms with Crippen molar-refractivity contribution >= 4 is 11.7 Å². The monoisotopic (exact) mass is 321 g/mol. The second-order valence-electron chi connectivity index (χ2n) is 5.87. The Kier molecular flexibility index (Phi) is 4.64. The Labute approximate surface area is 133 Å². The first-order valence-electron chi connectivity index (χ1n) is 7.90. The minimum Gasteiger partial charge on any atom is -0.486 e. The highest BCUT2D eigenvalue weighted by atomic mass is 16.6. The van der Waals surface area contributed by atoms with Crippen LogP contribution >= 0.6 is 0 Å². The Morgan fingerprint density at radius 3 is 2.48 bits per heavy atom. The van der Waals surface area contributed by atoms with Crippen molar-refractivity contribution < 1.29 is 23.9 Å². The van der Waals surface area contributed by atoms with Gasteiger partial charge in [-0.1, -0.05) is 19.3 Å². The number of carbonyl (C=O) groups excluding carboxylic acids is 1. The number of nitro groups is 1. The van der Waals surface area contributed by atoms with Crippen molar-refractivity contribution in [3.63, 3.8) is 0 Å². The van der Waals surface area contributed by atoms with Crippen molar-refractivity contribution in [2.24, 2.45) is 5.92 Å². The first-order chi connectivity index (χ1) is 11.1. The van der Waals surface area contributed by atoms with Crippen molar-refractivity contribution in [2.75, 3.05) is 19.8 Å². The quantitative estimate of drug-likeness (QED) is 0.481. The molecule has 1 aromatic rings. The molecule has 0 spiro atoms. The topological polar surface area (TPSA) is 87.9 Å². The fourth-order valence-corrected chi connectivity index (χ4v) is 3.02. The summed E-state index contributed by atoms with van der Waals surface area (Å²) in [6.07, 6.45) is 5.59. The Hall–Kier alpha value is -2.31. The summed E-state index contributed by atoms with van der Waals surface area (Å²) in [5, 5.41) is 11.2. The second-order valence-corrected chi connectivity index (χ2v) is 5.87. The Bertz CT molecular complexity index is 609. The molecule has 0 atom stereocenters. The zero-order chi connectivity index (χ0) is 16.2. The highest BCUT2D eigenvalue weighted by molar-refractivity contribution is 5.95. The molecule has 0 unspecified atom stereocenters. The Morgan fingerprint density at radius 1 is 1.17 bits per heavy atom. The van der Waals surface area contributed by atoms with Gasteiger partial charge in [-0.3, -0.25) is 10.1 Å². The summed E-state index contributed by atoms with van der Waals surface area (Å²) in [4.78, 5) is 22.9. The van der Waals surface area contributed by atoms with E-state index in [1.165, 1.54) is 18.6 Å². The van der Waals surface area contributed by atoms with E-state index in [1.807, 2.05) is 0 Å². The highest BCUT2D eigenvalue weighted by Gasteiger charge is 2.28. The van der Waals surface area contributed by atoms with Gasteiger partial charge in [0.05, 0.1) is 17.6 Å². The van der Waals surface area contributed by atoms with Crippen molar-refractivity contribution in [3.8, 4) is 11.5 Å². The largest absolute Gasteiger partial charge is 0.486 e. The third kappa shape index (κ3) is 3.55. The maximum atomic E-state index is 12.3. The number of ether oxygens (including phenoxy) is 3.